The Morgan fingerprint density at radius 3 is 2.54 bits per heavy atom. The van der Waals surface area contributed by atoms with Crippen LogP contribution in [0.4, 0.5) is 11.4 Å². The topological polar surface area (TPSA) is 67.9 Å². The lowest BCUT2D eigenvalue weighted by Gasteiger charge is -2.24. The summed E-state index contributed by atoms with van der Waals surface area (Å²) in [4.78, 5) is 25.8. The van der Waals surface area contributed by atoms with Crippen molar-refractivity contribution in [2.24, 2.45) is 0 Å². The number of aryl methyl sites for hydroxylation is 1. The zero-order chi connectivity index (χ0) is 18.7. The minimum Gasteiger partial charge on any atom is -0.486 e. The minimum atomic E-state index is -0.324. The summed E-state index contributed by atoms with van der Waals surface area (Å²) in [6.07, 6.45) is 0. The number of anilines is 2. The number of nitrogens with zero attached hydrogens (tertiary/aromatic N) is 1. The summed E-state index contributed by atoms with van der Waals surface area (Å²) >= 11 is 6.08. The van der Waals surface area contributed by atoms with Gasteiger partial charge in [0.25, 0.3) is 0 Å². The van der Waals surface area contributed by atoms with Gasteiger partial charge in [0.2, 0.25) is 11.8 Å². The molecule has 0 atom stereocenters. The molecular weight excluding hydrogens is 356 g/mol. The van der Waals surface area contributed by atoms with Gasteiger partial charge in [0.15, 0.2) is 11.5 Å². The molecule has 0 saturated carbocycles. The number of nitrogens with one attached hydrogen (secondary N) is 1. The highest BCUT2D eigenvalue weighted by atomic mass is 35.5. The molecule has 0 bridgehead atoms. The molecule has 0 radical (unpaired) electrons. The van der Waals surface area contributed by atoms with E-state index in [2.05, 4.69) is 5.32 Å². The van der Waals surface area contributed by atoms with E-state index in [0.717, 1.165) is 5.56 Å². The second-order valence-corrected chi connectivity index (χ2v) is 6.35. The molecule has 0 spiro atoms. The number of hydrogen-bond acceptors (Lipinski definition) is 4. The Bertz CT molecular complexity index is 853. The highest BCUT2D eigenvalue weighted by molar-refractivity contribution is 6.31. The Kier molecular flexibility index (Phi) is 5.32. The van der Waals surface area contributed by atoms with Crippen LogP contribution >= 0.6 is 11.6 Å². The van der Waals surface area contributed by atoms with Crippen molar-refractivity contribution in [1.29, 1.82) is 0 Å². The molecule has 6 nitrogen and oxygen atoms in total. The largest absolute Gasteiger partial charge is 0.486 e. The van der Waals surface area contributed by atoms with Crippen LogP contribution in [0.15, 0.2) is 36.4 Å². The number of ether oxygens (including phenoxy) is 2. The van der Waals surface area contributed by atoms with Gasteiger partial charge in [-0.2, -0.15) is 0 Å². The molecule has 0 fully saturated rings. The second kappa shape index (κ2) is 7.66. The number of amides is 2. The summed E-state index contributed by atoms with van der Waals surface area (Å²) in [6.45, 7) is 4.11. The van der Waals surface area contributed by atoms with Crippen LogP contribution in [0.3, 0.4) is 0 Å². The maximum Gasteiger partial charge on any atom is 0.244 e. The summed E-state index contributed by atoms with van der Waals surface area (Å²) in [5.41, 5.74) is 2.07. The Balaban J connectivity index is 1.75. The molecule has 7 heteroatoms. The van der Waals surface area contributed by atoms with Crippen LogP contribution in [0.2, 0.25) is 5.02 Å². The van der Waals surface area contributed by atoms with Gasteiger partial charge >= 0.3 is 0 Å². The molecule has 1 aliphatic heterocycles. The highest BCUT2D eigenvalue weighted by Gasteiger charge is 2.19. The Morgan fingerprint density at radius 1 is 1.12 bits per heavy atom. The Morgan fingerprint density at radius 2 is 1.85 bits per heavy atom. The van der Waals surface area contributed by atoms with E-state index in [9.17, 15) is 9.59 Å². The van der Waals surface area contributed by atoms with E-state index in [-0.39, 0.29) is 18.4 Å². The summed E-state index contributed by atoms with van der Waals surface area (Å²) in [6, 6.07) is 10.4. The summed E-state index contributed by atoms with van der Waals surface area (Å²) in [5.74, 6) is 0.613. The molecule has 0 unspecified atom stereocenters. The van der Waals surface area contributed by atoms with Crippen molar-refractivity contribution in [2.45, 2.75) is 13.8 Å². The summed E-state index contributed by atoms with van der Waals surface area (Å²) in [7, 11) is 0. The summed E-state index contributed by atoms with van der Waals surface area (Å²) in [5, 5.41) is 3.32. The maximum absolute atomic E-state index is 12.4. The first-order valence-corrected chi connectivity index (χ1v) is 8.55. The lowest BCUT2D eigenvalue weighted by atomic mass is 10.2. The van der Waals surface area contributed by atoms with Gasteiger partial charge in [-0.3, -0.25) is 9.59 Å². The van der Waals surface area contributed by atoms with Gasteiger partial charge in [-0.1, -0.05) is 17.7 Å². The van der Waals surface area contributed by atoms with Crippen molar-refractivity contribution in [2.75, 3.05) is 30.0 Å². The molecule has 136 valence electrons. The average molecular weight is 375 g/mol. The number of halogens is 1. The number of hydrogen-bond donors (Lipinski definition) is 1. The van der Waals surface area contributed by atoms with E-state index in [1.165, 1.54) is 11.8 Å². The highest BCUT2D eigenvalue weighted by Crippen LogP contribution is 2.34. The monoisotopic (exact) mass is 374 g/mol. The number of carbonyl (C=O) groups is 2. The van der Waals surface area contributed by atoms with Gasteiger partial charge in [-0.05, 0) is 36.8 Å². The van der Waals surface area contributed by atoms with Crippen LogP contribution < -0.4 is 19.7 Å². The molecule has 2 aromatic carbocycles. The van der Waals surface area contributed by atoms with Gasteiger partial charge in [0, 0.05) is 29.4 Å². The van der Waals surface area contributed by atoms with Crippen LogP contribution in [0.25, 0.3) is 0 Å². The van der Waals surface area contributed by atoms with Gasteiger partial charge in [0.05, 0.1) is 0 Å². The SMILES string of the molecule is CC(=O)N(CC(=O)Nc1ccc(C)c(Cl)c1)c1ccc2c(c1)OCCO2. The molecule has 2 aromatic rings. The predicted molar refractivity (Wildman–Crippen MR) is 100 cm³/mol. The van der Waals surface area contributed by atoms with Crippen molar-refractivity contribution in [3.63, 3.8) is 0 Å². The fourth-order valence-corrected chi connectivity index (χ4v) is 2.78. The standard InChI is InChI=1S/C19H19ClN2O4/c1-12-3-4-14(9-16(12)20)21-19(24)11-22(13(2)23)15-5-6-17-18(10-15)26-8-7-25-17/h3-6,9-10H,7-8,11H2,1-2H3,(H,21,24). The number of benzene rings is 2. The minimum absolute atomic E-state index is 0.125. The van der Waals surface area contributed by atoms with E-state index in [1.807, 2.05) is 13.0 Å². The van der Waals surface area contributed by atoms with Crippen molar-refractivity contribution in [3.8, 4) is 11.5 Å². The third kappa shape index (κ3) is 4.08. The molecule has 2 amide bonds. The zero-order valence-electron chi connectivity index (χ0n) is 14.5. The fourth-order valence-electron chi connectivity index (χ4n) is 2.60. The third-order valence-corrected chi connectivity index (χ3v) is 4.38. The quantitative estimate of drug-likeness (QED) is 0.890. The number of carbonyl (C=O) groups excluding carboxylic acids is 2. The number of rotatable bonds is 4. The number of fused-ring (bicyclic) bond motifs is 1. The van der Waals surface area contributed by atoms with E-state index in [1.54, 1.807) is 30.3 Å². The molecule has 1 N–H and O–H groups in total. The first kappa shape index (κ1) is 18.1. The molecule has 1 aliphatic rings. The Labute approximate surface area is 156 Å². The maximum atomic E-state index is 12.4. The van der Waals surface area contributed by atoms with Gasteiger partial charge in [0.1, 0.15) is 19.8 Å². The van der Waals surface area contributed by atoms with Gasteiger partial charge in [-0.15, -0.1) is 0 Å². The summed E-state index contributed by atoms with van der Waals surface area (Å²) < 4.78 is 11.0. The third-order valence-electron chi connectivity index (χ3n) is 3.97. The second-order valence-electron chi connectivity index (χ2n) is 5.95. The lowest BCUT2D eigenvalue weighted by molar-refractivity contribution is -0.120. The van der Waals surface area contributed by atoms with Crippen LogP contribution in [-0.4, -0.2) is 31.6 Å². The van der Waals surface area contributed by atoms with Crippen LogP contribution in [0.5, 0.6) is 11.5 Å². The smallest absolute Gasteiger partial charge is 0.244 e. The molecule has 26 heavy (non-hydrogen) atoms. The lowest BCUT2D eigenvalue weighted by Crippen LogP contribution is -2.36. The average Bonchev–Trinajstić information content (AvgIpc) is 2.62. The van der Waals surface area contributed by atoms with Crippen molar-refractivity contribution >= 4 is 34.8 Å². The molecule has 3 rings (SSSR count). The van der Waals surface area contributed by atoms with Crippen LogP contribution in [-0.2, 0) is 9.59 Å². The fraction of sp³-hybridized carbons (Fsp3) is 0.263. The molecular formula is C19H19ClN2O4. The van der Waals surface area contributed by atoms with Gasteiger partial charge in [-0.25, -0.2) is 0 Å². The van der Waals surface area contributed by atoms with Crippen LogP contribution in [0.1, 0.15) is 12.5 Å². The van der Waals surface area contributed by atoms with Crippen molar-refractivity contribution < 1.29 is 19.1 Å². The van der Waals surface area contributed by atoms with E-state index >= 15 is 0 Å². The van der Waals surface area contributed by atoms with E-state index in [0.29, 0.717) is 41.1 Å². The van der Waals surface area contributed by atoms with Gasteiger partial charge < -0.3 is 19.7 Å². The predicted octanol–water partition coefficient (Wildman–Crippen LogP) is 3.41. The normalized spacial score (nSPS) is 12.4. The van der Waals surface area contributed by atoms with Crippen molar-refractivity contribution in [3.05, 3.63) is 47.0 Å². The first-order chi connectivity index (χ1) is 12.4. The first-order valence-electron chi connectivity index (χ1n) is 8.18. The molecule has 1 heterocycles. The molecule has 0 aromatic heterocycles. The van der Waals surface area contributed by atoms with Crippen molar-refractivity contribution in [1.82, 2.24) is 0 Å². The molecule has 0 aliphatic carbocycles. The molecule has 0 saturated heterocycles. The van der Waals surface area contributed by atoms with E-state index < -0.39 is 0 Å². The zero-order valence-corrected chi connectivity index (χ0v) is 15.3. The van der Waals surface area contributed by atoms with Crippen LogP contribution in [0, 0.1) is 6.92 Å². The Hall–Kier alpha value is -2.73. The van der Waals surface area contributed by atoms with E-state index in [4.69, 9.17) is 21.1 Å².